The third-order valence-electron chi connectivity index (χ3n) is 5.33. The second-order valence-electron chi connectivity index (χ2n) is 7.73. The van der Waals surface area contributed by atoms with Crippen molar-refractivity contribution in [2.45, 2.75) is 40.0 Å². The van der Waals surface area contributed by atoms with E-state index < -0.39 is 0 Å². The Hall–Kier alpha value is -1.92. The quantitative estimate of drug-likeness (QED) is 0.432. The van der Waals surface area contributed by atoms with Crippen molar-refractivity contribution >= 4 is 17.5 Å². The van der Waals surface area contributed by atoms with Gasteiger partial charge < -0.3 is 20.4 Å². The minimum absolute atomic E-state index is 0.0690. The topological polar surface area (TPSA) is 67.1 Å². The van der Waals surface area contributed by atoms with E-state index >= 15 is 0 Å². The summed E-state index contributed by atoms with van der Waals surface area (Å²) >= 11 is 0. The summed E-state index contributed by atoms with van der Waals surface area (Å²) in [6.45, 7) is 11.8. The highest BCUT2D eigenvalue weighted by molar-refractivity contribution is 5.93. The molecule has 0 radical (unpaired) electrons. The van der Waals surface area contributed by atoms with E-state index in [0.29, 0.717) is 13.1 Å². The molecule has 0 bridgehead atoms. The lowest BCUT2D eigenvalue weighted by Gasteiger charge is -2.29. The number of amides is 2. The van der Waals surface area contributed by atoms with Crippen LogP contribution in [0.25, 0.3) is 0 Å². The largest absolute Gasteiger partial charge is 0.351 e. The van der Waals surface area contributed by atoms with Crippen LogP contribution in [0.1, 0.15) is 37.3 Å². The van der Waals surface area contributed by atoms with Gasteiger partial charge in [-0.05, 0) is 31.4 Å². The molecule has 0 aliphatic carbocycles. The fourth-order valence-electron chi connectivity index (χ4n) is 3.63. The molecule has 1 aliphatic rings. The zero-order chi connectivity index (χ0) is 19.6. The third kappa shape index (κ3) is 7.31. The van der Waals surface area contributed by atoms with Gasteiger partial charge in [0.15, 0.2) is 13.1 Å². The molecule has 0 unspecified atom stereocenters. The number of carbonyl (C=O) groups excluding carboxylic acids is 2. The Bertz CT molecular complexity index is 604. The van der Waals surface area contributed by atoms with Crippen LogP contribution in [0, 0.1) is 13.8 Å². The molecule has 0 atom stereocenters. The zero-order valence-electron chi connectivity index (χ0n) is 17.1. The van der Waals surface area contributed by atoms with E-state index in [1.165, 1.54) is 22.6 Å². The van der Waals surface area contributed by atoms with Gasteiger partial charge in [-0.2, -0.15) is 0 Å². The second kappa shape index (κ2) is 11.0. The standard InChI is InChI=1S/C21H34N4O2/c1-4-5-6-10-22-19(26)15-24-11-13-25(14-12-24)16-20(27)23-21-17(2)8-7-9-18(21)3/h7-9H,4-6,10-16H2,1-3H3,(H,22,26)(H,23,27)/p+2. The van der Waals surface area contributed by atoms with E-state index in [9.17, 15) is 9.59 Å². The summed E-state index contributed by atoms with van der Waals surface area (Å²) in [6.07, 6.45) is 3.40. The van der Waals surface area contributed by atoms with Crippen LogP contribution in [0.15, 0.2) is 18.2 Å². The summed E-state index contributed by atoms with van der Waals surface area (Å²) < 4.78 is 0. The maximum Gasteiger partial charge on any atom is 0.279 e. The van der Waals surface area contributed by atoms with E-state index in [2.05, 4.69) is 17.6 Å². The number of piperazine rings is 1. The van der Waals surface area contributed by atoms with Crippen molar-refractivity contribution < 1.29 is 19.4 Å². The van der Waals surface area contributed by atoms with Crippen LogP contribution in [0.3, 0.4) is 0 Å². The third-order valence-corrected chi connectivity index (χ3v) is 5.33. The van der Waals surface area contributed by atoms with Crippen molar-refractivity contribution in [2.24, 2.45) is 0 Å². The van der Waals surface area contributed by atoms with Gasteiger partial charge in [-0.1, -0.05) is 38.0 Å². The number of quaternary nitrogens is 2. The van der Waals surface area contributed by atoms with E-state index in [-0.39, 0.29) is 11.8 Å². The van der Waals surface area contributed by atoms with Crippen LogP contribution in [0.2, 0.25) is 0 Å². The molecule has 1 fully saturated rings. The maximum atomic E-state index is 12.4. The molecule has 6 nitrogen and oxygen atoms in total. The number of hydrogen-bond acceptors (Lipinski definition) is 2. The van der Waals surface area contributed by atoms with Crippen molar-refractivity contribution in [1.29, 1.82) is 0 Å². The molecule has 150 valence electrons. The number of aryl methyl sites for hydroxylation is 2. The van der Waals surface area contributed by atoms with Crippen molar-refractivity contribution in [3.63, 3.8) is 0 Å². The maximum absolute atomic E-state index is 12.4. The second-order valence-corrected chi connectivity index (χ2v) is 7.73. The summed E-state index contributed by atoms with van der Waals surface area (Å²) in [5, 5.41) is 6.09. The number of hydrogen-bond donors (Lipinski definition) is 4. The minimum Gasteiger partial charge on any atom is -0.351 e. The molecule has 1 aromatic carbocycles. The molecule has 1 aliphatic heterocycles. The first kappa shape index (κ1) is 21.4. The number of rotatable bonds is 9. The number of benzene rings is 1. The predicted octanol–water partition coefficient (Wildman–Crippen LogP) is -0.668. The van der Waals surface area contributed by atoms with Crippen molar-refractivity contribution in [3.05, 3.63) is 29.3 Å². The van der Waals surface area contributed by atoms with Gasteiger partial charge in [-0.15, -0.1) is 0 Å². The number of anilines is 1. The molecule has 0 saturated carbocycles. The smallest absolute Gasteiger partial charge is 0.279 e. The van der Waals surface area contributed by atoms with Gasteiger partial charge in [-0.25, -0.2) is 0 Å². The number of nitrogens with one attached hydrogen (secondary N) is 4. The molecule has 2 rings (SSSR count). The van der Waals surface area contributed by atoms with Crippen LogP contribution in [0.5, 0.6) is 0 Å². The summed E-state index contributed by atoms with van der Waals surface area (Å²) in [5.41, 5.74) is 3.13. The number of carbonyl (C=O) groups is 2. The average molecular weight is 377 g/mol. The Labute approximate surface area is 163 Å². The summed E-state index contributed by atoms with van der Waals surface area (Å²) in [7, 11) is 0. The monoisotopic (exact) mass is 376 g/mol. The Balaban J connectivity index is 1.68. The highest BCUT2D eigenvalue weighted by Crippen LogP contribution is 2.18. The van der Waals surface area contributed by atoms with Gasteiger partial charge >= 0.3 is 0 Å². The first-order valence-corrected chi connectivity index (χ1v) is 10.3. The van der Waals surface area contributed by atoms with Crippen LogP contribution in [-0.2, 0) is 9.59 Å². The molecule has 6 heteroatoms. The lowest BCUT2D eigenvalue weighted by atomic mass is 10.1. The molecule has 0 aromatic heterocycles. The Morgan fingerprint density at radius 3 is 2.04 bits per heavy atom. The van der Waals surface area contributed by atoms with E-state index in [1.807, 2.05) is 32.0 Å². The normalized spacial score (nSPS) is 19.5. The van der Waals surface area contributed by atoms with Crippen molar-refractivity contribution in [1.82, 2.24) is 5.32 Å². The van der Waals surface area contributed by atoms with Gasteiger partial charge in [0, 0.05) is 12.2 Å². The molecule has 27 heavy (non-hydrogen) atoms. The highest BCUT2D eigenvalue weighted by atomic mass is 16.2. The lowest BCUT2D eigenvalue weighted by Crippen LogP contribution is -3.28. The van der Waals surface area contributed by atoms with Crippen molar-refractivity contribution in [2.75, 3.05) is 51.1 Å². The first-order valence-electron chi connectivity index (χ1n) is 10.3. The minimum atomic E-state index is 0.0690. The zero-order valence-corrected chi connectivity index (χ0v) is 17.1. The van der Waals surface area contributed by atoms with Crippen LogP contribution < -0.4 is 20.4 Å². The Morgan fingerprint density at radius 1 is 0.926 bits per heavy atom. The Morgan fingerprint density at radius 2 is 1.48 bits per heavy atom. The van der Waals surface area contributed by atoms with Gasteiger partial charge in [0.1, 0.15) is 26.2 Å². The summed E-state index contributed by atoms with van der Waals surface area (Å²) in [6, 6.07) is 6.04. The molecule has 4 N–H and O–H groups in total. The van der Waals surface area contributed by atoms with Crippen LogP contribution >= 0.6 is 0 Å². The molecular formula is C21H36N4O2+2. The fourth-order valence-corrected chi connectivity index (χ4v) is 3.63. The number of unbranched alkanes of at least 4 members (excludes halogenated alkanes) is 2. The summed E-state index contributed by atoms with van der Waals surface area (Å²) in [4.78, 5) is 27.0. The number of para-hydroxylation sites is 1. The van der Waals surface area contributed by atoms with Gasteiger partial charge in [-0.3, -0.25) is 9.59 Å². The van der Waals surface area contributed by atoms with E-state index in [1.54, 1.807) is 0 Å². The van der Waals surface area contributed by atoms with Gasteiger partial charge in [0.2, 0.25) is 0 Å². The fraction of sp³-hybridized carbons (Fsp3) is 0.619. The van der Waals surface area contributed by atoms with Gasteiger partial charge in [0.25, 0.3) is 11.8 Å². The highest BCUT2D eigenvalue weighted by Gasteiger charge is 2.26. The SMILES string of the molecule is CCCCCNC(=O)C[NH+]1CC[NH+](CC(=O)Nc2c(C)cccc2C)CC1. The molecule has 1 heterocycles. The van der Waals surface area contributed by atoms with Gasteiger partial charge in [0.05, 0.1) is 0 Å². The molecular weight excluding hydrogens is 340 g/mol. The molecule has 2 amide bonds. The lowest BCUT2D eigenvalue weighted by molar-refractivity contribution is -1.00. The van der Waals surface area contributed by atoms with E-state index in [0.717, 1.165) is 56.0 Å². The van der Waals surface area contributed by atoms with Crippen LogP contribution in [-0.4, -0.2) is 57.6 Å². The predicted molar refractivity (Wildman–Crippen MR) is 108 cm³/mol. The molecule has 1 aromatic rings. The molecule has 0 spiro atoms. The average Bonchev–Trinajstić information content (AvgIpc) is 2.64. The van der Waals surface area contributed by atoms with Crippen molar-refractivity contribution in [3.8, 4) is 0 Å². The molecule has 1 saturated heterocycles. The Kier molecular flexibility index (Phi) is 8.75. The van der Waals surface area contributed by atoms with E-state index in [4.69, 9.17) is 0 Å². The summed E-state index contributed by atoms with van der Waals surface area (Å²) in [5.74, 6) is 0.219. The first-order chi connectivity index (χ1) is 13.0. The van der Waals surface area contributed by atoms with Crippen LogP contribution in [0.4, 0.5) is 5.69 Å².